The Hall–Kier alpha value is -1.83. The van der Waals surface area contributed by atoms with E-state index in [9.17, 15) is 4.79 Å². The predicted octanol–water partition coefficient (Wildman–Crippen LogP) is 0.115. The average molecular weight is 238 g/mol. The number of nitrogens with zero attached hydrogens (tertiary/aromatic N) is 4. The molecule has 0 radical (unpaired) electrons. The fraction of sp³-hybridized carbons (Fsp3) is 0.250. The summed E-state index contributed by atoms with van der Waals surface area (Å²) in [5.74, 6) is 0.360. The molecular formula is C8H10N6OS. The highest BCUT2D eigenvalue weighted by molar-refractivity contribution is 7.99. The second kappa shape index (κ2) is 4.35. The number of hydrogen-bond donors (Lipinski definition) is 2. The molecule has 16 heavy (non-hydrogen) atoms. The molecule has 0 atom stereocenters. The third-order valence-corrected chi connectivity index (χ3v) is 2.80. The van der Waals surface area contributed by atoms with Gasteiger partial charge in [0.1, 0.15) is 10.8 Å². The van der Waals surface area contributed by atoms with Crippen LogP contribution in [0.2, 0.25) is 0 Å². The summed E-state index contributed by atoms with van der Waals surface area (Å²) < 4.78 is 1.52. The summed E-state index contributed by atoms with van der Waals surface area (Å²) in [5.41, 5.74) is 5.19. The summed E-state index contributed by atoms with van der Waals surface area (Å²) in [5, 5.41) is 7.48. The summed E-state index contributed by atoms with van der Waals surface area (Å²) in [6, 6.07) is 0. The van der Waals surface area contributed by atoms with E-state index < -0.39 is 0 Å². The minimum absolute atomic E-state index is 0.228. The Bertz CT molecular complexity index is 530. The summed E-state index contributed by atoms with van der Waals surface area (Å²) in [7, 11) is 0. The number of hydrogen-bond acceptors (Lipinski definition) is 6. The average Bonchev–Trinajstić information content (AvgIpc) is 2.63. The molecule has 0 saturated carbocycles. The molecule has 0 aromatic carbocycles. The molecule has 0 fully saturated rings. The van der Waals surface area contributed by atoms with Crippen molar-refractivity contribution in [3.63, 3.8) is 0 Å². The van der Waals surface area contributed by atoms with Crippen LogP contribution in [0.3, 0.4) is 0 Å². The fourth-order valence-electron chi connectivity index (χ4n) is 1.13. The Labute approximate surface area is 95.1 Å². The monoisotopic (exact) mass is 238 g/mol. The van der Waals surface area contributed by atoms with E-state index in [1.807, 2.05) is 6.92 Å². The van der Waals surface area contributed by atoms with E-state index in [1.165, 1.54) is 22.5 Å². The Kier molecular flexibility index (Phi) is 2.91. The maximum atomic E-state index is 11.3. The highest BCUT2D eigenvalue weighted by Crippen LogP contribution is 2.21. The quantitative estimate of drug-likeness (QED) is 0.787. The zero-order valence-corrected chi connectivity index (χ0v) is 9.36. The van der Waals surface area contributed by atoms with Crippen LogP contribution in [0.5, 0.6) is 0 Å². The molecule has 0 saturated heterocycles. The van der Waals surface area contributed by atoms with Crippen LogP contribution in [-0.2, 0) is 6.54 Å². The van der Waals surface area contributed by atoms with Crippen molar-refractivity contribution in [3.05, 3.63) is 22.9 Å². The maximum Gasteiger partial charge on any atom is 0.343 e. The summed E-state index contributed by atoms with van der Waals surface area (Å²) >= 11 is 1.26. The van der Waals surface area contributed by atoms with Crippen molar-refractivity contribution in [2.45, 2.75) is 23.7 Å². The van der Waals surface area contributed by atoms with E-state index in [4.69, 9.17) is 5.73 Å². The number of nitrogens with one attached hydrogen (secondary N) is 1. The number of H-pyrrole nitrogens is 1. The number of anilines is 1. The van der Waals surface area contributed by atoms with Crippen LogP contribution in [-0.4, -0.2) is 24.7 Å². The number of aromatic amines is 1. The van der Waals surface area contributed by atoms with Crippen LogP contribution in [0.4, 0.5) is 5.82 Å². The van der Waals surface area contributed by atoms with Gasteiger partial charge in [0, 0.05) is 6.54 Å². The first-order chi connectivity index (χ1) is 7.70. The van der Waals surface area contributed by atoms with E-state index in [1.54, 1.807) is 6.20 Å². The number of nitrogen functional groups attached to an aromatic ring is 1. The lowest BCUT2D eigenvalue weighted by Gasteiger charge is -2.00. The van der Waals surface area contributed by atoms with Gasteiger partial charge in [-0.1, -0.05) is 0 Å². The molecule has 2 rings (SSSR count). The van der Waals surface area contributed by atoms with Crippen LogP contribution < -0.4 is 11.4 Å². The third-order valence-electron chi connectivity index (χ3n) is 1.88. The maximum absolute atomic E-state index is 11.3. The van der Waals surface area contributed by atoms with Gasteiger partial charge >= 0.3 is 5.69 Å². The lowest BCUT2D eigenvalue weighted by atomic mass is 10.7. The Morgan fingerprint density at radius 1 is 1.50 bits per heavy atom. The molecule has 3 N–H and O–H groups in total. The third kappa shape index (κ3) is 2.06. The van der Waals surface area contributed by atoms with E-state index >= 15 is 0 Å². The standard InChI is InChI=1S/C8H10N6OS/c1-2-14-7(15)12-13-8(14)16-6-4-10-5(9)3-11-6/h3-4H,2H2,1H3,(H2,9,10)(H,12,15). The van der Waals surface area contributed by atoms with Gasteiger partial charge in [-0.3, -0.25) is 4.57 Å². The highest BCUT2D eigenvalue weighted by Gasteiger charge is 2.09. The molecule has 0 aliphatic heterocycles. The number of aromatic nitrogens is 5. The van der Waals surface area contributed by atoms with Crippen molar-refractivity contribution in [1.29, 1.82) is 0 Å². The summed E-state index contributed by atoms with van der Waals surface area (Å²) in [4.78, 5) is 19.3. The Morgan fingerprint density at radius 2 is 2.31 bits per heavy atom. The second-order valence-electron chi connectivity index (χ2n) is 2.94. The minimum Gasteiger partial charge on any atom is -0.382 e. The molecule has 0 aliphatic rings. The highest BCUT2D eigenvalue weighted by atomic mass is 32.2. The van der Waals surface area contributed by atoms with Gasteiger partial charge < -0.3 is 5.73 Å². The smallest absolute Gasteiger partial charge is 0.343 e. The van der Waals surface area contributed by atoms with Crippen molar-refractivity contribution in [3.8, 4) is 0 Å². The van der Waals surface area contributed by atoms with Crippen molar-refractivity contribution in [2.75, 3.05) is 5.73 Å². The molecule has 2 heterocycles. The fourth-order valence-corrected chi connectivity index (χ4v) is 1.94. The van der Waals surface area contributed by atoms with Gasteiger partial charge in [0.15, 0.2) is 5.16 Å². The molecule has 0 aliphatic carbocycles. The number of nitrogens with two attached hydrogens (primary N) is 1. The van der Waals surface area contributed by atoms with Gasteiger partial charge in [0.2, 0.25) is 0 Å². The molecule has 0 bridgehead atoms. The second-order valence-corrected chi connectivity index (χ2v) is 3.92. The van der Waals surface area contributed by atoms with Gasteiger partial charge in [-0.2, -0.15) is 0 Å². The van der Waals surface area contributed by atoms with Crippen LogP contribution in [0.25, 0.3) is 0 Å². The molecule has 84 valence electrons. The zero-order chi connectivity index (χ0) is 11.5. The van der Waals surface area contributed by atoms with Gasteiger partial charge in [0.05, 0.1) is 12.4 Å². The zero-order valence-electron chi connectivity index (χ0n) is 8.54. The molecule has 0 amide bonds. The Morgan fingerprint density at radius 3 is 2.94 bits per heavy atom. The SMILES string of the molecule is CCn1c(Sc2cnc(N)cn2)n[nH]c1=O. The molecule has 2 aromatic heterocycles. The molecule has 7 nitrogen and oxygen atoms in total. The van der Waals surface area contributed by atoms with E-state index in [0.29, 0.717) is 22.5 Å². The van der Waals surface area contributed by atoms with Crippen LogP contribution in [0.1, 0.15) is 6.92 Å². The minimum atomic E-state index is -0.228. The molecule has 2 aromatic rings. The normalized spacial score (nSPS) is 10.6. The number of rotatable bonds is 3. The topological polar surface area (TPSA) is 102 Å². The van der Waals surface area contributed by atoms with Crippen LogP contribution >= 0.6 is 11.8 Å². The van der Waals surface area contributed by atoms with Crippen molar-refractivity contribution in [1.82, 2.24) is 24.7 Å². The van der Waals surface area contributed by atoms with E-state index in [-0.39, 0.29) is 5.69 Å². The molecule has 0 unspecified atom stereocenters. The van der Waals surface area contributed by atoms with Crippen molar-refractivity contribution >= 4 is 17.6 Å². The first-order valence-corrected chi connectivity index (χ1v) is 5.43. The van der Waals surface area contributed by atoms with Gasteiger partial charge in [-0.15, -0.1) is 5.10 Å². The van der Waals surface area contributed by atoms with E-state index in [0.717, 1.165) is 0 Å². The van der Waals surface area contributed by atoms with Crippen molar-refractivity contribution < 1.29 is 0 Å². The molecular weight excluding hydrogens is 228 g/mol. The largest absolute Gasteiger partial charge is 0.382 e. The molecule has 0 spiro atoms. The Balaban J connectivity index is 2.27. The molecule has 8 heteroatoms. The van der Waals surface area contributed by atoms with Gasteiger partial charge in [-0.25, -0.2) is 19.9 Å². The van der Waals surface area contributed by atoms with E-state index in [2.05, 4.69) is 20.2 Å². The summed E-state index contributed by atoms with van der Waals surface area (Å²) in [6.45, 7) is 2.43. The lowest BCUT2D eigenvalue weighted by molar-refractivity contribution is 0.660. The lowest BCUT2D eigenvalue weighted by Crippen LogP contribution is -2.16. The van der Waals surface area contributed by atoms with Crippen molar-refractivity contribution in [2.24, 2.45) is 0 Å². The first kappa shape index (κ1) is 10.7. The van der Waals surface area contributed by atoms with Crippen LogP contribution in [0.15, 0.2) is 27.4 Å². The van der Waals surface area contributed by atoms with Gasteiger partial charge in [-0.05, 0) is 18.7 Å². The van der Waals surface area contributed by atoms with Crippen LogP contribution in [0, 0.1) is 0 Å². The first-order valence-electron chi connectivity index (χ1n) is 4.61. The summed E-state index contributed by atoms with van der Waals surface area (Å²) in [6.07, 6.45) is 3.00. The predicted molar refractivity (Wildman–Crippen MR) is 59.1 cm³/mol. The van der Waals surface area contributed by atoms with Gasteiger partial charge in [0.25, 0.3) is 0 Å².